The maximum Gasteiger partial charge on any atom is 0.290 e. The molecule has 0 unspecified atom stereocenters. The molecule has 106 valence electrons. The minimum atomic E-state index is 0.340. The van der Waals surface area contributed by atoms with Gasteiger partial charge in [0.05, 0.1) is 11.7 Å². The number of anilines is 1. The van der Waals surface area contributed by atoms with Gasteiger partial charge in [-0.1, -0.05) is 0 Å². The molecule has 0 saturated carbocycles. The number of ether oxygens (including phenoxy) is 1. The Labute approximate surface area is 116 Å². The highest BCUT2D eigenvalue weighted by atomic mass is 16.5. The Kier molecular flexibility index (Phi) is 3.27. The number of fused-ring (bicyclic) bond motifs is 2. The molecule has 1 aromatic carbocycles. The summed E-state index contributed by atoms with van der Waals surface area (Å²) in [5, 5.41) is 18.9. The topological polar surface area (TPSA) is 77.2 Å². The third-order valence-electron chi connectivity index (χ3n) is 3.25. The smallest absolute Gasteiger partial charge is 0.290 e. The van der Waals surface area contributed by atoms with E-state index in [0.29, 0.717) is 35.0 Å². The van der Waals surface area contributed by atoms with Crippen LogP contribution in [-0.2, 0) is 6.42 Å². The van der Waals surface area contributed by atoms with E-state index in [1.54, 1.807) is 0 Å². The third-order valence-corrected chi connectivity index (χ3v) is 3.25. The molecule has 1 N–H and O–H groups in total. The predicted octanol–water partition coefficient (Wildman–Crippen LogP) is 0.172. The summed E-state index contributed by atoms with van der Waals surface area (Å²) >= 11 is 0. The molecular weight excluding hydrogens is 258 g/mol. The Bertz CT molecular complexity index is 644. The number of hydrogen-bond donors (Lipinski definition) is 1. The lowest BCUT2D eigenvalue weighted by Gasteiger charge is -2.10. The molecule has 7 nitrogen and oxygen atoms in total. The Hall–Kier alpha value is -2.15. The average Bonchev–Trinajstić information content (AvgIpc) is 2.83. The summed E-state index contributed by atoms with van der Waals surface area (Å²) in [6.07, 6.45) is 0.827. The van der Waals surface area contributed by atoms with E-state index in [-0.39, 0.29) is 0 Å². The van der Waals surface area contributed by atoms with Gasteiger partial charge in [-0.3, -0.25) is 0 Å². The van der Waals surface area contributed by atoms with Crippen molar-refractivity contribution in [2.24, 2.45) is 0 Å². The molecule has 2 heterocycles. The highest BCUT2D eigenvalue weighted by molar-refractivity contribution is 5.75. The summed E-state index contributed by atoms with van der Waals surface area (Å²) in [5.41, 5.74) is 2.12. The van der Waals surface area contributed by atoms with Crippen molar-refractivity contribution in [2.75, 3.05) is 39.1 Å². The number of aromatic nitrogens is 3. The zero-order valence-corrected chi connectivity index (χ0v) is 11.6. The van der Waals surface area contributed by atoms with Crippen molar-refractivity contribution in [3.05, 3.63) is 22.9 Å². The third kappa shape index (κ3) is 2.44. The van der Waals surface area contributed by atoms with Gasteiger partial charge in [0.25, 0.3) is 11.5 Å². The monoisotopic (exact) mass is 275 g/mol. The Morgan fingerprint density at radius 1 is 1.45 bits per heavy atom. The predicted molar refractivity (Wildman–Crippen MR) is 74.7 cm³/mol. The zero-order chi connectivity index (χ0) is 14.1. The van der Waals surface area contributed by atoms with Crippen LogP contribution >= 0.6 is 0 Å². The second-order valence-electron chi connectivity index (χ2n) is 5.09. The van der Waals surface area contributed by atoms with Gasteiger partial charge in [-0.2, -0.15) is 0 Å². The summed E-state index contributed by atoms with van der Waals surface area (Å²) in [5.74, 6) is 1.16. The van der Waals surface area contributed by atoms with Crippen LogP contribution in [0.25, 0.3) is 11.0 Å². The van der Waals surface area contributed by atoms with Crippen LogP contribution in [0.2, 0.25) is 0 Å². The summed E-state index contributed by atoms with van der Waals surface area (Å²) in [6, 6.07) is 3.62. The molecule has 7 heteroatoms. The molecule has 0 bridgehead atoms. The molecule has 2 aromatic rings. The number of likely N-dealkylation sites (N-methyl/N-ethyl adjacent to an activating group) is 1. The first-order valence-electron chi connectivity index (χ1n) is 6.59. The number of nitrogens with one attached hydrogen (secondary N) is 1. The normalized spacial score (nSPS) is 13.6. The lowest BCUT2D eigenvalue weighted by Crippen LogP contribution is -2.34. The molecule has 0 saturated heterocycles. The lowest BCUT2D eigenvalue weighted by molar-refractivity contribution is -0.641. The fourth-order valence-corrected chi connectivity index (χ4v) is 2.19. The Morgan fingerprint density at radius 2 is 2.30 bits per heavy atom. The molecule has 3 rings (SSSR count). The molecule has 0 fully saturated rings. The minimum absolute atomic E-state index is 0.340. The maximum absolute atomic E-state index is 12.0. The van der Waals surface area contributed by atoms with E-state index in [2.05, 4.69) is 15.4 Å². The van der Waals surface area contributed by atoms with Gasteiger partial charge in [0, 0.05) is 37.2 Å². The first-order valence-corrected chi connectivity index (χ1v) is 6.59. The molecule has 1 aliphatic heterocycles. The second kappa shape index (κ2) is 5.09. The van der Waals surface area contributed by atoms with Gasteiger partial charge in [-0.15, -0.1) is 0 Å². The van der Waals surface area contributed by atoms with E-state index >= 15 is 0 Å². The van der Waals surface area contributed by atoms with E-state index in [9.17, 15) is 5.21 Å². The summed E-state index contributed by atoms with van der Waals surface area (Å²) in [7, 11) is 3.97. The molecule has 1 aromatic heterocycles. The maximum atomic E-state index is 12.0. The number of rotatable bonds is 4. The molecule has 0 amide bonds. The van der Waals surface area contributed by atoms with E-state index in [4.69, 9.17) is 4.74 Å². The fourth-order valence-electron chi connectivity index (χ4n) is 2.19. The van der Waals surface area contributed by atoms with Gasteiger partial charge in [-0.25, -0.2) is 4.98 Å². The van der Waals surface area contributed by atoms with Crippen LogP contribution in [0, 0.1) is 5.21 Å². The zero-order valence-electron chi connectivity index (χ0n) is 11.6. The van der Waals surface area contributed by atoms with E-state index < -0.39 is 0 Å². The highest BCUT2D eigenvalue weighted by Crippen LogP contribution is 2.28. The number of hydrogen-bond acceptors (Lipinski definition) is 6. The molecule has 0 spiro atoms. The molecular formula is C13H17N5O2. The summed E-state index contributed by atoms with van der Waals surface area (Å²) < 4.78 is 5.50. The Morgan fingerprint density at radius 3 is 3.10 bits per heavy atom. The van der Waals surface area contributed by atoms with Crippen LogP contribution in [-0.4, -0.2) is 48.8 Å². The first kappa shape index (κ1) is 12.9. The van der Waals surface area contributed by atoms with Crippen molar-refractivity contribution in [1.82, 2.24) is 15.0 Å². The second-order valence-corrected chi connectivity index (χ2v) is 5.09. The minimum Gasteiger partial charge on any atom is -0.594 e. The van der Waals surface area contributed by atoms with Crippen molar-refractivity contribution in [2.45, 2.75) is 6.42 Å². The van der Waals surface area contributed by atoms with Crippen LogP contribution in [0.1, 0.15) is 5.56 Å². The molecule has 0 atom stereocenters. The summed E-state index contributed by atoms with van der Waals surface area (Å²) in [4.78, 5) is 7.03. The highest BCUT2D eigenvalue weighted by Gasteiger charge is 2.19. The molecule has 0 aliphatic carbocycles. The molecule has 20 heavy (non-hydrogen) atoms. The van der Waals surface area contributed by atoms with Crippen molar-refractivity contribution >= 4 is 17.0 Å². The van der Waals surface area contributed by atoms with Crippen molar-refractivity contribution < 1.29 is 9.58 Å². The van der Waals surface area contributed by atoms with Crippen LogP contribution in [0.3, 0.4) is 0 Å². The fraction of sp³-hybridized carbons (Fsp3) is 0.462. The van der Waals surface area contributed by atoms with Gasteiger partial charge < -0.3 is 20.2 Å². The molecule has 0 radical (unpaired) electrons. The van der Waals surface area contributed by atoms with Crippen LogP contribution < -0.4 is 14.9 Å². The average molecular weight is 275 g/mol. The van der Waals surface area contributed by atoms with Gasteiger partial charge in [-0.05, 0) is 18.9 Å². The largest absolute Gasteiger partial charge is 0.594 e. The lowest BCUT2D eigenvalue weighted by atomic mass is 10.1. The van der Waals surface area contributed by atoms with Crippen LogP contribution in [0.4, 0.5) is 5.95 Å². The van der Waals surface area contributed by atoms with Crippen molar-refractivity contribution in [3.63, 3.8) is 0 Å². The number of benzene rings is 1. The van der Waals surface area contributed by atoms with E-state index in [0.717, 1.165) is 24.3 Å². The van der Waals surface area contributed by atoms with Crippen LogP contribution in [0.15, 0.2) is 12.1 Å². The summed E-state index contributed by atoms with van der Waals surface area (Å²) in [6.45, 7) is 2.18. The van der Waals surface area contributed by atoms with Gasteiger partial charge in [0.2, 0.25) is 0 Å². The van der Waals surface area contributed by atoms with E-state index in [1.807, 2.05) is 31.1 Å². The van der Waals surface area contributed by atoms with E-state index in [1.165, 1.54) is 0 Å². The van der Waals surface area contributed by atoms with Crippen molar-refractivity contribution in [1.29, 1.82) is 0 Å². The number of nitrogens with zero attached hydrogens (tertiary/aromatic N) is 4. The van der Waals surface area contributed by atoms with Crippen LogP contribution in [0.5, 0.6) is 5.75 Å². The standard InChI is InChI=1S/C13H17N5O2/c1-17(2)5-4-14-13-15-10-8-12-9(3-6-20-12)7-11(10)18(19)16-13/h7-8H,3-6H2,1-2H3,(H,14,15,16). The molecule has 1 aliphatic rings. The SMILES string of the molecule is CN(C)CCNc1nc2cc3c(cc2[n+]([O-])n1)CCO3. The van der Waals surface area contributed by atoms with Crippen molar-refractivity contribution in [3.8, 4) is 5.75 Å². The van der Waals surface area contributed by atoms with Gasteiger partial charge in [0.1, 0.15) is 11.3 Å². The van der Waals surface area contributed by atoms with Gasteiger partial charge in [0.15, 0.2) is 0 Å². The quantitative estimate of drug-likeness (QED) is 0.633. The Balaban J connectivity index is 1.90. The van der Waals surface area contributed by atoms with Gasteiger partial charge >= 0.3 is 0 Å². The first-order chi connectivity index (χ1) is 9.63.